The highest BCUT2D eigenvalue weighted by molar-refractivity contribution is 9.10. The molecule has 1 saturated carbocycles. The molecule has 0 amide bonds. The van der Waals surface area contributed by atoms with Crippen LogP contribution in [0.25, 0.3) is 0 Å². The first-order valence-corrected chi connectivity index (χ1v) is 7.54. The van der Waals surface area contributed by atoms with E-state index in [1.807, 2.05) is 12.1 Å². The Hall–Kier alpha value is -0.870. The number of carboxylic acid groups (broad SMARTS) is 1. The lowest BCUT2D eigenvalue weighted by Crippen LogP contribution is -2.19. The van der Waals surface area contributed by atoms with Crippen molar-refractivity contribution in [2.24, 2.45) is 0 Å². The smallest absolute Gasteiger partial charge is 0.314 e. The summed E-state index contributed by atoms with van der Waals surface area (Å²) in [6.45, 7) is 2.22. The monoisotopic (exact) mass is 323 g/mol. The van der Waals surface area contributed by atoms with Gasteiger partial charge in [0.1, 0.15) is 0 Å². The first-order chi connectivity index (χ1) is 9.03. The molecule has 3 nitrogen and oxygen atoms in total. The molecule has 1 heterocycles. The van der Waals surface area contributed by atoms with Gasteiger partial charge in [0.2, 0.25) is 0 Å². The van der Waals surface area contributed by atoms with Crippen LogP contribution in [0.4, 0.5) is 0 Å². The highest BCUT2D eigenvalue weighted by atomic mass is 79.9. The number of aliphatic carboxylic acids is 1. The predicted molar refractivity (Wildman–Crippen MR) is 77.5 cm³/mol. The van der Waals surface area contributed by atoms with Crippen molar-refractivity contribution in [3.8, 4) is 0 Å². The molecule has 1 aromatic carbocycles. The highest BCUT2D eigenvalue weighted by Gasteiger charge is 2.51. The second-order valence-corrected chi connectivity index (χ2v) is 6.73. The minimum Gasteiger partial charge on any atom is -0.481 e. The molecule has 1 unspecified atom stereocenters. The van der Waals surface area contributed by atoms with Crippen molar-refractivity contribution < 1.29 is 9.90 Å². The number of benzene rings is 1. The predicted octanol–water partition coefficient (Wildman–Crippen LogP) is 2.98. The zero-order valence-electron chi connectivity index (χ0n) is 11.0. The summed E-state index contributed by atoms with van der Waals surface area (Å²) in [5.41, 5.74) is 1.66. The van der Waals surface area contributed by atoms with Gasteiger partial charge in [-0.1, -0.05) is 28.1 Å². The topological polar surface area (TPSA) is 40.5 Å². The standard InChI is InChI=1S/C15H18BrNO2/c1-17-7-4-10(9-17)12-3-2-11(8-13(12)16)15(5-6-15)14(18)19/h2-3,8,10H,4-7,9H2,1H3,(H,18,19). The first-order valence-electron chi connectivity index (χ1n) is 6.75. The van der Waals surface area contributed by atoms with E-state index in [1.165, 1.54) is 12.0 Å². The third kappa shape index (κ3) is 2.21. The maximum Gasteiger partial charge on any atom is 0.314 e. The van der Waals surface area contributed by atoms with Crippen LogP contribution in [0.5, 0.6) is 0 Å². The van der Waals surface area contributed by atoms with Crippen LogP contribution < -0.4 is 0 Å². The van der Waals surface area contributed by atoms with Crippen molar-refractivity contribution in [1.82, 2.24) is 4.90 Å². The molecular weight excluding hydrogens is 306 g/mol. The molecule has 1 aliphatic heterocycles. The van der Waals surface area contributed by atoms with Crippen LogP contribution >= 0.6 is 15.9 Å². The zero-order valence-corrected chi connectivity index (χ0v) is 12.6. The van der Waals surface area contributed by atoms with E-state index in [-0.39, 0.29) is 0 Å². The molecule has 102 valence electrons. The fourth-order valence-electron chi connectivity index (χ4n) is 3.10. The van der Waals surface area contributed by atoms with Crippen LogP contribution in [0.1, 0.15) is 36.3 Å². The molecule has 4 heteroatoms. The summed E-state index contributed by atoms with van der Waals surface area (Å²) < 4.78 is 1.07. The Labute approximate surface area is 121 Å². The van der Waals surface area contributed by atoms with E-state index in [4.69, 9.17) is 0 Å². The molecule has 1 aromatic rings. The molecule has 0 bridgehead atoms. The van der Waals surface area contributed by atoms with Gasteiger partial charge >= 0.3 is 5.97 Å². The van der Waals surface area contributed by atoms with Crippen molar-refractivity contribution in [3.63, 3.8) is 0 Å². The lowest BCUT2D eigenvalue weighted by atomic mass is 9.91. The maximum absolute atomic E-state index is 11.4. The number of halogens is 1. The van der Waals surface area contributed by atoms with Gasteiger partial charge < -0.3 is 10.0 Å². The van der Waals surface area contributed by atoms with E-state index in [0.717, 1.165) is 36.0 Å². The molecule has 3 rings (SSSR count). The number of carbonyl (C=O) groups is 1. The Balaban J connectivity index is 1.88. The van der Waals surface area contributed by atoms with Gasteiger partial charge in [-0.25, -0.2) is 0 Å². The van der Waals surface area contributed by atoms with Crippen LogP contribution in [-0.2, 0) is 10.2 Å². The molecule has 0 aromatic heterocycles. The number of rotatable bonds is 3. The van der Waals surface area contributed by atoms with Gasteiger partial charge in [-0.3, -0.25) is 4.79 Å². The number of nitrogens with zero attached hydrogens (tertiary/aromatic N) is 1. The van der Waals surface area contributed by atoms with Crippen molar-refractivity contribution in [3.05, 3.63) is 33.8 Å². The average Bonchev–Trinajstić information content (AvgIpc) is 3.07. The van der Waals surface area contributed by atoms with Crippen molar-refractivity contribution in [2.45, 2.75) is 30.6 Å². The van der Waals surface area contributed by atoms with E-state index in [2.05, 4.69) is 33.9 Å². The number of likely N-dealkylation sites (tertiary alicyclic amines) is 1. The Morgan fingerprint density at radius 2 is 2.21 bits per heavy atom. The third-order valence-electron chi connectivity index (χ3n) is 4.54. The summed E-state index contributed by atoms with van der Waals surface area (Å²) in [7, 11) is 2.14. The van der Waals surface area contributed by atoms with Gasteiger partial charge in [0, 0.05) is 11.0 Å². The summed E-state index contributed by atoms with van der Waals surface area (Å²) in [6.07, 6.45) is 2.71. The second kappa shape index (κ2) is 4.60. The first kappa shape index (κ1) is 13.1. The molecule has 1 aliphatic carbocycles. The molecule has 1 atom stereocenters. The van der Waals surface area contributed by atoms with Gasteiger partial charge in [-0.2, -0.15) is 0 Å². The van der Waals surface area contributed by atoms with Crippen LogP contribution in [0.3, 0.4) is 0 Å². The molecule has 1 saturated heterocycles. The van der Waals surface area contributed by atoms with Gasteiger partial charge in [0.05, 0.1) is 5.41 Å². The van der Waals surface area contributed by atoms with Crippen molar-refractivity contribution >= 4 is 21.9 Å². The molecule has 2 aliphatic rings. The van der Waals surface area contributed by atoms with Crippen molar-refractivity contribution in [2.75, 3.05) is 20.1 Å². The molecule has 19 heavy (non-hydrogen) atoms. The van der Waals surface area contributed by atoms with Gasteiger partial charge in [-0.15, -0.1) is 0 Å². The lowest BCUT2D eigenvalue weighted by Gasteiger charge is -2.16. The molecule has 0 spiro atoms. The van der Waals surface area contributed by atoms with Gasteiger partial charge in [-0.05, 0) is 56.0 Å². The summed E-state index contributed by atoms with van der Waals surface area (Å²) in [5, 5.41) is 9.34. The van der Waals surface area contributed by atoms with E-state index in [0.29, 0.717) is 5.92 Å². The summed E-state index contributed by atoms with van der Waals surface area (Å²) in [6, 6.07) is 6.15. The third-order valence-corrected chi connectivity index (χ3v) is 5.23. The number of hydrogen-bond acceptors (Lipinski definition) is 2. The normalized spacial score (nSPS) is 25.5. The Morgan fingerprint density at radius 1 is 1.47 bits per heavy atom. The van der Waals surface area contributed by atoms with Crippen LogP contribution in [0.15, 0.2) is 22.7 Å². The average molecular weight is 324 g/mol. The summed E-state index contributed by atoms with van der Waals surface area (Å²) >= 11 is 3.63. The van der Waals surface area contributed by atoms with Crippen LogP contribution in [0, 0.1) is 0 Å². The summed E-state index contributed by atoms with van der Waals surface area (Å²) in [4.78, 5) is 13.7. The van der Waals surface area contributed by atoms with E-state index >= 15 is 0 Å². The number of carboxylic acids is 1. The minimum absolute atomic E-state index is 0.563. The fraction of sp³-hybridized carbons (Fsp3) is 0.533. The quantitative estimate of drug-likeness (QED) is 0.929. The molecule has 2 fully saturated rings. The van der Waals surface area contributed by atoms with Crippen molar-refractivity contribution in [1.29, 1.82) is 0 Å². The van der Waals surface area contributed by atoms with E-state index < -0.39 is 11.4 Å². The zero-order chi connectivity index (χ0) is 13.6. The Morgan fingerprint density at radius 3 is 2.68 bits per heavy atom. The molecule has 0 radical (unpaired) electrons. The van der Waals surface area contributed by atoms with Gasteiger partial charge in [0.25, 0.3) is 0 Å². The Kier molecular flexibility index (Phi) is 3.18. The number of hydrogen-bond donors (Lipinski definition) is 1. The number of likely N-dealkylation sites (N-methyl/N-ethyl adjacent to an activating group) is 1. The molecule has 1 N–H and O–H groups in total. The largest absolute Gasteiger partial charge is 0.481 e. The maximum atomic E-state index is 11.4. The Bertz CT molecular complexity index is 525. The minimum atomic E-state index is -0.687. The second-order valence-electron chi connectivity index (χ2n) is 5.87. The highest BCUT2D eigenvalue weighted by Crippen LogP contribution is 2.49. The summed E-state index contributed by atoms with van der Waals surface area (Å²) in [5.74, 6) is -0.124. The van der Waals surface area contributed by atoms with Gasteiger partial charge in [0.15, 0.2) is 0 Å². The van der Waals surface area contributed by atoms with Crippen LogP contribution in [-0.4, -0.2) is 36.1 Å². The fourth-order valence-corrected chi connectivity index (χ4v) is 3.80. The van der Waals surface area contributed by atoms with E-state index in [1.54, 1.807) is 0 Å². The molecular formula is C15H18BrNO2. The van der Waals surface area contributed by atoms with Crippen LogP contribution in [0.2, 0.25) is 0 Å². The SMILES string of the molecule is CN1CCC(c2ccc(C3(C(=O)O)CC3)cc2Br)C1. The lowest BCUT2D eigenvalue weighted by molar-refractivity contribution is -0.140. The van der Waals surface area contributed by atoms with E-state index in [9.17, 15) is 9.90 Å².